The molecule has 1 saturated heterocycles. The Kier molecular flexibility index (Phi) is 7.45. The molecule has 0 radical (unpaired) electrons. The standard InChI is InChI=1S/C23H25N3O6S3/c27-23(28)26-11-9-17(10-12-26)16-24-34(29,30)20-6-2-7-21(15-20)35(31,32)25-19-5-1-4-18(14-19)22-8-3-13-33-22/h1-8,13-15,17,24-25H,9-12,16H2,(H,27,28). The van der Waals surface area contributed by atoms with Crippen LogP contribution in [-0.2, 0) is 20.0 Å². The Morgan fingerprint density at radius 1 is 0.943 bits per heavy atom. The lowest BCUT2D eigenvalue weighted by Crippen LogP contribution is -2.40. The van der Waals surface area contributed by atoms with Gasteiger partial charge in [0.15, 0.2) is 0 Å². The molecule has 3 N–H and O–H groups in total. The predicted octanol–water partition coefficient (Wildman–Crippen LogP) is 3.88. The van der Waals surface area contributed by atoms with Gasteiger partial charge >= 0.3 is 6.09 Å². The Morgan fingerprint density at radius 3 is 2.29 bits per heavy atom. The lowest BCUT2D eigenvalue weighted by molar-refractivity contribution is 0.125. The predicted molar refractivity (Wildman–Crippen MR) is 135 cm³/mol. The molecule has 186 valence electrons. The van der Waals surface area contributed by atoms with Gasteiger partial charge in [-0.05, 0) is 66.1 Å². The zero-order valence-electron chi connectivity index (χ0n) is 18.6. The zero-order valence-corrected chi connectivity index (χ0v) is 21.1. The summed E-state index contributed by atoms with van der Waals surface area (Å²) >= 11 is 1.54. The summed E-state index contributed by atoms with van der Waals surface area (Å²) in [6, 6.07) is 16.0. The molecule has 0 spiro atoms. The molecule has 3 aromatic rings. The van der Waals surface area contributed by atoms with Crippen molar-refractivity contribution < 1.29 is 26.7 Å². The molecular weight excluding hydrogens is 510 g/mol. The smallest absolute Gasteiger partial charge is 0.407 e. The van der Waals surface area contributed by atoms with Gasteiger partial charge in [-0.1, -0.05) is 24.3 Å². The van der Waals surface area contributed by atoms with Crippen molar-refractivity contribution in [2.45, 2.75) is 22.6 Å². The maximum Gasteiger partial charge on any atom is 0.407 e. The second-order valence-corrected chi connectivity index (χ2v) is 12.6. The summed E-state index contributed by atoms with van der Waals surface area (Å²) in [7, 11) is -7.98. The number of piperidine rings is 1. The Bertz CT molecular complexity index is 1400. The maximum atomic E-state index is 13.0. The molecule has 1 aliphatic heterocycles. The summed E-state index contributed by atoms with van der Waals surface area (Å²) in [5.74, 6) is 0.00424. The summed E-state index contributed by atoms with van der Waals surface area (Å²) < 4.78 is 56.7. The average molecular weight is 536 g/mol. The van der Waals surface area contributed by atoms with Crippen LogP contribution in [0.1, 0.15) is 12.8 Å². The molecule has 12 heteroatoms. The first-order valence-electron chi connectivity index (χ1n) is 10.9. The highest BCUT2D eigenvalue weighted by Gasteiger charge is 2.25. The number of amides is 1. The molecule has 1 amide bonds. The number of carboxylic acid groups (broad SMARTS) is 1. The number of sulfonamides is 2. The second kappa shape index (κ2) is 10.4. The molecule has 1 aromatic heterocycles. The van der Waals surface area contributed by atoms with Crippen LogP contribution in [0.25, 0.3) is 10.4 Å². The van der Waals surface area contributed by atoms with Gasteiger partial charge in [0, 0.05) is 30.2 Å². The third-order valence-electron chi connectivity index (χ3n) is 5.79. The number of thiophene rings is 1. The van der Waals surface area contributed by atoms with Crippen molar-refractivity contribution in [3.63, 3.8) is 0 Å². The van der Waals surface area contributed by atoms with E-state index in [9.17, 15) is 21.6 Å². The Labute approximate surface area is 208 Å². The van der Waals surface area contributed by atoms with E-state index in [-0.39, 0.29) is 22.3 Å². The van der Waals surface area contributed by atoms with Gasteiger partial charge in [0.2, 0.25) is 10.0 Å². The van der Waals surface area contributed by atoms with Crippen molar-refractivity contribution in [2.75, 3.05) is 24.4 Å². The normalized spacial score (nSPS) is 15.1. The third kappa shape index (κ3) is 6.20. The fraction of sp³-hybridized carbons (Fsp3) is 0.261. The van der Waals surface area contributed by atoms with E-state index >= 15 is 0 Å². The number of benzene rings is 2. The number of likely N-dealkylation sites (tertiary alicyclic amines) is 1. The molecule has 2 heterocycles. The maximum absolute atomic E-state index is 13.0. The molecule has 0 aliphatic carbocycles. The molecule has 0 atom stereocenters. The topological polar surface area (TPSA) is 133 Å². The minimum Gasteiger partial charge on any atom is -0.465 e. The summed E-state index contributed by atoms with van der Waals surface area (Å²) in [6.45, 7) is 0.865. The number of hydrogen-bond donors (Lipinski definition) is 3. The largest absolute Gasteiger partial charge is 0.465 e. The molecule has 0 saturated carbocycles. The van der Waals surface area contributed by atoms with Crippen LogP contribution in [0.15, 0.2) is 75.8 Å². The van der Waals surface area contributed by atoms with Crippen molar-refractivity contribution in [3.05, 3.63) is 66.0 Å². The van der Waals surface area contributed by atoms with Crippen LogP contribution in [0.2, 0.25) is 0 Å². The summed E-state index contributed by atoms with van der Waals surface area (Å²) in [5, 5.41) is 11.0. The van der Waals surface area contributed by atoms with Crippen LogP contribution in [0.5, 0.6) is 0 Å². The highest BCUT2D eigenvalue weighted by molar-refractivity contribution is 7.93. The lowest BCUT2D eigenvalue weighted by Gasteiger charge is -2.29. The molecule has 4 rings (SSSR count). The van der Waals surface area contributed by atoms with Crippen LogP contribution in [-0.4, -0.2) is 52.6 Å². The van der Waals surface area contributed by atoms with E-state index in [1.165, 1.54) is 23.1 Å². The van der Waals surface area contributed by atoms with Crippen LogP contribution in [0, 0.1) is 5.92 Å². The first-order chi connectivity index (χ1) is 16.6. The molecule has 0 unspecified atom stereocenters. The molecule has 2 aromatic carbocycles. The fourth-order valence-electron chi connectivity index (χ4n) is 3.84. The van der Waals surface area contributed by atoms with E-state index < -0.39 is 26.1 Å². The van der Waals surface area contributed by atoms with Crippen LogP contribution in [0.3, 0.4) is 0 Å². The van der Waals surface area contributed by atoms with Gasteiger partial charge in [0.05, 0.1) is 9.79 Å². The summed E-state index contributed by atoms with van der Waals surface area (Å²) in [6.07, 6.45) is 0.129. The Balaban J connectivity index is 1.45. The van der Waals surface area contributed by atoms with Gasteiger partial charge in [-0.25, -0.2) is 26.4 Å². The van der Waals surface area contributed by atoms with Gasteiger partial charge in [-0.15, -0.1) is 11.3 Å². The van der Waals surface area contributed by atoms with E-state index in [1.54, 1.807) is 29.5 Å². The van der Waals surface area contributed by atoms with E-state index in [0.29, 0.717) is 31.6 Å². The quantitative estimate of drug-likeness (QED) is 0.401. The van der Waals surface area contributed by atoms with Gasteiger partial charge in [0.25, 0.3) is 10.0 Å². The zero-order chi connectivity index (χ0) is 25.1. The Morgan fingerprint density at radius 2 is 1.63 bits per heavy atom. The van der Waals surface area contributed by atoms with Crippen molar-refractivity contribution in [2.24, 2.45) is 5.92 Å². The first kappa shape index (κ1) is 25.2. The molecular formula is C23H25N3O6S3. The van der Waals surface area contributed by atoms with Gasteiger partial charge < -0.3 is 10.0 Å². The minimum atomic E-state index is -4.03. The number of anilines is 1. The first-order valence-corrected chi connectivity index (χ1v) is 14.7. The average Bonchev–Trinajstić information content (AvgIpc) is 3.38. The van der Waals surface area contributed by atoms with Crippen molar-refractivity contribution in [3.8, 4) is 10.4 Å². The fourth-order valence-corrected chi connectivity index (χ4v) is 6.90. The SMILES string of the molecule is O=C(O)N1CCC(CNS(=O)(=O)c2cccc(S(=O)(=O)Nc3cccc(-c4cccs4)c3)c2)CC1. The van der Waals surface area contributed by atoms with Crippen molar-refractivity contribution >= 4 is 43.2 Å². The highest BCUT2D eigenvalue weighted by atomic mass is 32.2. The number of hydrogen-bond acceptors (Lipinski definition) is 6. The third-order valence-corrected chi connectivity index (χ3v) is 9.51. The Hall–Kier alpha value is -2.93. The van der Waals surface area contributed by atoms with E-state index in [1.807, 2.05) is 23.6 Å². The van der Waals surface area contributed by atoms with E-state index in [0.717, 1.165) is 16.5 Å². The molecule has 0 bridgehead atoms. The van der Waals surface area contributed by atoms with Gasteiger partial charge in [0.1, 0.15) is 0 Å². The lowest BCUT2D eigenvalue weighted by atomic mass is 9.97. The number of nitrogens with one attached hydrogen (secondary N) is 2. The van der Waals surface area contributed by atoms with Crippen molar-refractivity contribution in [1.29, 1.82) is 0 Å². The van der Waals surface area contributed by atoms with E-state index in [4.69, 9.17) is 5.11 Å². The number of nitrogens with zero attached hydrogens (tertiary/aromatic N) is 1. The minimum absolute atomic E-state index is 0.00424. The summed E-state index contributed by atoms with van der Waals surface area (Å²) in [5.41, 5.74) is 1.24. The molecule has 1 fully saturated rings. The van der Waals surface area contributed by atoms with Crippen LogP contribution < -0.4 is 9.44 Å². The van der Waals surface area contributed by atoms with Crippen LogP contribution in [0.4, 0.5) is 10.5 Å². The monoisotopic (exact) mass is 535 g/mol. The number of carbonyl (C=O) groups is 1. The van der Waals surface area contributed by atoms with Gasteiger partial charge in [-0.3, -0.25) is 4.72 Å². The van der Waals surface area contributed by atoms with Crippen LogP contribution >= 0.6 is 11.3 Å². The second-order valence-electron chi connectivity index (χ2n) is 8.20. The van der Waals surface area contributed by atoms with Gasteiger partial charge in [-0.2, -0.15) is 0 Å². The molecule has 9 nitrogen and oxygen atoms in total. The highest BCUT2D eigenvalue weighted by Crippen LogP contribution is 2.28. The van der Waals surface area contributed by atoms with Crippen molar-refractivity contribution in [1.82, 2.24) is 9.62 Å². The molecule has 1 aliphatic rings. The number of rotatable bonds is 8. The van der Waals surface area contributed by atoms with E-state index in [2.05, 4.69) is 9.44 Å². The molecule has 35 heavy (non-hydrogen) atoms. The summed E-state index contributed by atoms with van der Waals surface area (Å²) in [4.78, 5) is 13.0.